The number of rotatable bonds is 6. The van der Waals surface area contributed by atoms with Crippen molar-refractivity contribution in [3.05, 3.63) is 57.6 Å². The Kier molecular flexibility index (Phi) is 5.83. The molecule has 0 aliphatic carbocycles. The Morgan fingerprint density at radius 1 is 1.05 bits per heavy atom. The second kappa shape index (κ2) is 7.84. The number of ether oxygens (including phenoxy) is 2. The van der Waals surface area contributed by atoms with E-state index in [4.69, 9.17) is 14.7 Å². The van der Waals surface area contributed by atoms with Gasteiger partial charge in [-0.2, -0.15) is 0 Å². The van der Waals surface area contributed by atoms with Gasteiger partial charge in [-0.15, -0.1) is 0 Å². The van der Waals surface area contributed by atoms with Crippen LogP contribution in [-0.4, -0.2) is 24.6 Å². The van der Waals surface area contributed by atoms with E-state index in [-0.39, 0.29) is 0 Å². The van der Waals surface area contributed by atoms with Gasteiger partial charge in [-0.3, -0.25) is 0 Å². The molecule has 0 saturated heterocycles. The number of oxime groups is 1. The van der Waals surface area contributed by atoms with Crippen LogP contribution >= 0.6 is 15.9 Å². The molecule has 2 rings (SSSR count). The van der Waals surface area contributed by atoms with Crippen molar-refractivity contribution in [3.8, 4) is 11.5 Å². The number of hydrogen-bond acceptors (Lipinski definition) is 4. The summed E-state index contributed by atoms with van der Waals surface area (Å²) in [4.78, 5) is 0. The number of hydrogen-bond donors (Lipinski definition) is 1. The van der Waals surface area contributed by atoms with E-state index in [9.17, 15) is 0 Å². The summed E-state index contributed by atoms with van der Waals surface area (Å²) in [6.45, 7) is 5.00. The van der Waals surface area contributed by atoms with Gasteiger partial charge in [-0.05, 0) is 76.8 Å². The fourth-order valence-electron chi connectivity index (χ4n) is 2.11. The summed E-state index contributed by atoms with van der Waals surface area (Å²) in [5.41, 5.74) is 3.15. The van der Waals surface area contributed by atoms with E-state index >= 15 is 0 Å². The van der Waals surface area contributed by atoms with E-state index < -0.39 is 0 Å². The maximum Gasteiger partial charge on any atom is 0.133 e. The van der Waals surface area contributed by atoms with Crippen LogP contribution in [0.4, 0.5) is 0 Å². The first kappa shape index (κ1) is 16.4. The molecule has 0 spiro atoms. The molecule has 0 bridgehead atoms. The average Bonchev–Trinajstić information content (AvgIpc) is 2.45. The van der Waals surface area contributed by atoms with Crippen LogP contribution < -0.4 is 9.47 Å². The molecule has 116 valence electrons. The first-order valence-electron chi connectivity index (χ1n) is 6.89. The molecule has 0 amide bonds. The Balaban J connectivity index is 1.86. The fourth-order valence-corrected chi connectivity index (χ4v) is 2.62. The Hall–Kier alpha value is -2.01. The van der Waals surface area contributed by atoms with Crippen molar-refractivity contribution < 1.29 is 14.7 Å². The molecule has 2 aromatic rings. The molecule has 0 aliphatic rings. The molecule has 1 N–H and O–H groups in total. The molecule has 5 heteroatoms. The maximum atomic E-state index is 8.51. The van der Waals surface area contributed by atoms with Crippen molar-refractivity contribution >= 4 is 22.1 Å². The van der Waals surface area contributed by atoms with E-state index in [0.29, 0.717) is 13.2 Å². The van der Waals surface area contributed by atoms with Crippen LogP contribution in [0.5, 0.6) is 11.5 Å². The monoisotopic (exact) mass is 363 g/mol. The van der Waals surface area contributed by atoms with Crippen molar-refractivity contribution in [2.75, 3.05) is 13.2 Å². The van der Waals surface area contributed by atoms with E-state index in [2.05, 4.69) is 27.2 Å². The molecule has 0 fully saturated rings. The summed E-state index contributed by atoms with van der Waals surface area (Å²) in [6.07, 6.45) is 1.36. The smallest absolute Gasteiger partial charge is 0.133 e. The number of aryl methyl sites for hydroxylation is 2. The zero-order chi connectivity index (χ0) is 15.9. The molecular weight excluding hydrogens is 346 g/mol. The third-order valence-electron chi connectivity index (χ3n) is 2.97. The van der Waals surface area contributed by atoms with Crippen molar-refractivity contribution in [1.82, 2.24) is 0 Å². The Morgan fingerprint density at radius 2 is 1.73 bits per heavy atom. The molecular formula is C17H18BrNO3. The first-order chi connectivity index (χ1) is 10.6. The van der Waals surface area contributed by atoms with Crippen molar-refractivity contribution in [1.29, 1.82) is 0 Å². The topological polar surface area (TPSA) is 51.0 Å². The van der Waals surface area contributed by atoms with E-state index in [1.165, 1.54) is 17.3 Å². The van der Waals surface area contributed by atoms with Crippen molar-refractivity contribution in [3.63, 3.8) is 0 Å². The zero-order valence-electron chi connectivity index (χ0n) is 12.5. The van der Waals surface area contributed by atoms with Crippen LogP contribution in [0.3, 0.4) is 0 Å². The molecule has 4 nitrogen and oxygen atoms in total. The standard InChI is InChI=1S/C17H18BrNO3/c1-12-7-13(2)9-15(8-12)21-5-6-22-17-4-3-14(11-19-20)10-16(17)18/h3-4,7-11,20H,5-6H2,1-2H3. The zero-order valence-corrected chi connectivity index (χ0v) is 14.1. The minimum atomic E-state index is 0.443. The Morgan fingerprint density at radius 3 is 2.36 bits per heavy atom. The van der Waals surface area contributed by atoms with Crippen LogP contribution in [0.2, 0.25) is 0 Å². The SMILES string of the molecule is Cc1cc(C)cc(OCCOc2ccc(C=NO)cc2Br)c1. The van der Waals surface area contributed by atoms with Crippen molar-refractivity contribution in [2.45, 2.75) is 13.8 Å². The summed E-state index contributed by atoms with van der Waals surface area (Å²) in [5.74, 6) is 1.58. The predicted molar refractivity (Wildman–Crippen MR) is 90.4 cm³/mol. The highest BCUT2D eigenvalue weighted by molar-refractivity contribution is 9.10. The molecule has 0 heterocycles. The number of nitrogens with zero attached hydrogens (tertiary/aromatic N) is 1. The van der Waals surface area contributed by atoms with Gasteiger partial charge in [0.2, 0.25) is 0 Å². The van der Waals surface area contributed by atoms with Crippen LogP contribution in [0.1, 0.15) is 16.7 Å². The van der Waals surface area contributed by atoms with E-state index in [1.54, 1.807) is 0 Å². The fraction of sp³-hybridized carbons (Fsp3) is 0.235. The van der Waals surface area contributed by atoms with Gasteiger partial charge in [0.1, 0.15) is 24.7 Å². The summed E-state index contributed by atoms with van der Waals surface area (Å²) >= 11 is 3.42. The second-order valence-corrected chi connectivity index (χ2v) is 5.81. The quantitative estimate of drug-likeness (QED) is 0.359. The molecule has 2 aromatic carbocycles. The van der Waals surface area contributed by atoms with Crippen molar-refractivity contribution in [2.24, 2.45) is 5.16 Å². The molecule has 0 radical (unpaired) electrons. The molecule has 0 saturated carbocycles. The third-order valence-corrected chi connectivity index (χ3v) is 3.59. The van der Waals surface area contributed by atoms with Crippen LogP contribution in [0.15, 0.2) is 46.0 Å². The van der Waals surface area contributed by atoms with Gasteiger partial charge in [0.25, 0.3) is 0 Å². The van der Waals surface area contributed by atoms with Gasteiger partial charge in [0, 0.05) is 0 Å². The largest absolute Gasteiger partial charge is 0.490 e. The second-order valence-electron chi connectivity index (χ2n) is 4.95. The number of halogens is 1. The normalized spacial score (nSPS) is 10.9. The highest BCUT2D eigenvalue weighted by Crippen LogP contribution is 2.25. The number of benzene rings is 2. The average molecular weight is 364 g/mol. The highest BCUT2D eigenvalue weighted by Gasteiger charge is 2.03. The lowest BCUT2D eigenvalue weighted by Crippen LogP contribution is -2.09. The van der Waals surface area contributed by atoms with Crippen LogP contribution in [0, 0.1) is 13.8 Å². The third kappa shape index (κ3) is 4.77. The van der Waals surface area contributed by atoms with Gasteiger partial charge in [-0.1, -0.05) is 11.2 Å². The summed E-state index contributed by atoms with van der Waals surface area (Å²) < 4.78 is 12.2. The molecule has 0 unspecified atom stereocenters. The minimum absolute atomic E-state index is 0.443. The Bertz CT molecular complexity index is 651. The van der Waals surface area contributed by atoms with Crippen LogP contribution in [0.25, 0.3) is 0 Å². The molecule has 0 atom stereocenters. The van der Waals surface area contributed by atoms with Crippen LogP contribution in [-0.2, 0) is 0 Å². The lowest BCUT2D eigenvalue weighted by Gasteiger charge is -2.11. The summed E-state index contributed by atoms with van der Waals surface area (Å²) in [7, 11) is 0. The van der Waals surface area contributed by atoms with Gasteiger partial charge < -0.3 is 14.7 Å². The summed E-state index contributed by atoms with van der Waals surface area (Å²) in [5, 5.41) is 11.5. The highest BCUT2D eigenvalue weighted by atomic mass is 79.9. The molecule has 0 aliphatic heterocycles. The van der Waals surface area contributed by atoms with Gasteiger partial charge in [0.05, 0.1) is 10.7 Å². The Labute approximate surface area is 138 Å². The maximum absolute atomic E-state index is 8.51. The van der Waals surface area contributed by atoms with Gasteiger partial charge >= 0.3 is 0 Å². The first-order valence-corrected chi connectivity index (χ1v) is 7.68. The molecule has 22 heavy (non-hydrogen) atoms. The summed E-state index contributed by atoms with van der Waals surface area (Å²) in [6, 6.07) is 11.6. The lowest BCUT2D eigenvalue weighted by molar-refractivity contribution is 0.216. The predicted octanol–water partition coefficient (Wildman–Crippen LogP) is 4.33. The van der Waals surface area contributed by atoms with E-state index in [0.717, 1.165) is 21.5 Å². The van der Waals surface area contributed by atoms with Gasteiger partial charge in [-0.25, -0.2) is 0 Å². The lowest BCUT2D eigenvalue weighted by atomic mass is 10.1. The minimum Gasteiger partial charge on any atom is -0.490 e. The van der Waals surface area contributed by atoms with Gasteiger partial charge in [0.15, 0.2) is 0 Å². The van der Waals surface area contributed by atoms with E-state index in [1.807, 2.05) is 44.2 Å². The molecule has 0 aromatic heterocycles.